The number of hydrogen-bond donors (Lipinski definition) is 4. The van der Waals surface area contributed by atoms with Gasteiger partial charge in [0.15, 0.2) is 0 Å². The molecular formula is C21H46O12. The van der Waals surface area contributed by atoms with Gasteiger partial charge in [0, 0.05) is 0 Å². The second-order valence-corrected chi connectivity index (χ2v) is 6.38. The van der Waals surface area contributed by atoms with Crippen LogP contribution >= 0.6 is 0 Å². The van der Waals surface area contributed by atoms with Crippen molar-refractivity contribution in [2.24, 2.45) is 0 Å². The molecule has 12 nitrogen and oxygen atoms in total. The molecule has 0 rings (SSSR count). The van der Waals surface area contributed by atoms with Crippen molar-refractivity contribution < 1.29 is 58.3 Å². The summed E-state index contributed by atoms with van der Waals surface area (Å²) in [5, 5.41) is 33.0. The van der Waals surface area contributed by atoms with E-state index in [2.05, 4.69) is 0 Å². The van der Waals surface area contributed by atoms with Crippen molar-refractivity contribution in [3.05, 3.63) is 0 Å². The average molecular weight is 491 g/mol. The molecule has 0 amide bonds. The Bertz CT molecular complexity index is 298. The monoisotopic (exact) mass is 490 g/mol. The summed E-state index contributed by atoms with van der Waals surface area (Å²) in [7, 11) is 0. The molecule has 0 bridgehead atoms. The van der Waals surface area contributed by atoms with Crippen molar-refractivity contribution >= 4 is 0 Å². The zero-order valence-electron chi connectivity index (χ0n) is 20.1. The number of aliphatic hydroxyl groups excluding tert-OH is 4. The molecule has 0 fully saturated rings. The number of hydrogen-bond acceptors (Lipinski definition) is 12. The lowest BCUT2D eigenvalue weighted by molar-refractivity contribution is -0.0244. The van der Waals surface area contributed by atoms with E-state index in [1.165, 1.54) is 6.92 Å². The Morgan fingerprint density at radius 1 is 0.394 bits per heavy atom. The van der Waals surface area contributed by atoms with Crippen molar-refractivity contribution in [1.29, 1.82) is 0 Å². The van der Waals surface area contributed by atoms with Gasteiger partial charge >= 0.3 is 0 Å². The molecule has 0 radical (unpaired) electrons. The van der Waals surface area contributed by atoms with Gasteiger partial charge in [0.05, 0.1) is 132 Å². The van der Waals surface area contributed by atoms with Gasteiger partial charge in [-0.1, -0.05) is 0 Å². The van der Waals surface area contributed by atoms with Crippen molar-refractivity contribution in [2.75, 3.05) is 126 Å². The first-order chi connectivity index (χ1) is 16.2. The van der Waals surface area contributed by atoms with Gasteiger partial charge in [-0.3, -0.25) is 0 Å². The molecule has 0 heterocycles. The Hall–Kier alpha value is -0.480. The second kappa shape index (κ2) is 33.7. The minimum absolute atomic E-state index is 0.0294. The lowest BCUT2D eigenvalue weighted by Gasteiger charge is -2.08. The van der Waals surface area contributed by atoms with E-state index in [4.69, 9.17) is 58.3 Å². The Labute approximate surface area is 197 Å². The summed E-state index contributed by atoms with van der Waals surface area (Å²) in [6.07, 6.45) is -0.560. The van der Waals surface area contributed by atoms with Crippen LogP contribution < -0.4 is 0 Å². The van der Waals surface area contributed by atoms with E-state index in [0.29, 0.717) is 106 Å². The molecule has 0 aliphatic heterocycles. The molecule has 0 aromatic heterocycles. The van der Waals surface area contributed by atoms with Gasteiger partial charge in [-0.15, -0.1) is 0 Å². The highest BCUT2D eigenvalue weighted by Crippen LogP contribution is 1.85. The third-order valence-electron chi connectivity index (χ3n) is 3.34. The van der Waals surface area contributed by atoms with Crippen LogP contribution in [0.15, 0.2) is 0 Å². The maximum atomic E-state index is 8.52. The average Bonchev–Trinajstić information content (AvgIpc) is 2.82. The Morgan fingerprint density at radius 3 is 0.667 bits per heavy atom. The molecule has 33 heavy (non-hydrogen) atoms. The molecule has 0 aromatic rings. The van der Waals surface area contributed by atoms with E-state index in [9.17, 15) is 0 Å². The smallest absolute Gasteiger partial charge is 0.0742 e. The maximum absolute atomic E-state index is 8.52. The minimum atomic E-state index is -0.560. The zero-order valence-corrected chi connectivity index (χ0v) is 20.1. The summed E-state index contributed by atoms with van der Waals surface area (Å²) >= 11 is 0. The molecule has 0 saturated heterocycles. The molecule has 1 unspecified atom stereocenters. The lowest BCUT2D eigenvalue weighted by atomic mass is 10.5. The lowest BCUT2D eigenvalue weighted by Crippen LogP contribution is -2.15. The first-order valence-corrected chi connectivity index (χ1v) is 11.3. The number of aliphatic hydroxyl groups is 4. The molecular weight excluding hydrogens is 444 g/mol. The fourth-order valence-electron chi connectivity index (χ4n) is 1.77. The van der Waals surface area contributed by atoms with Gasteiger partial charge in [-0.05, 0) is 6.92 Å². The molecule has 1 atom stereocenters. The Morgan fingerprint density at radius 2 is 0.545 bits per heavy atom. The van der Waals surface area contributed by atoms with Crippen molar-refractivity contribution in [3.8, 4) is 0 Å². The first kappa shape index (κ1) is 34.7. The molecule has 0 aliphatic rings. The van der Waals surface area contributed by atoms with Gasteiger partial charge in [0.1, 0.15) is 0 Å². The van der Waals surface area contributed by atoms with Gasteiger partial charge in [-0.2, -0.15) is 0 Å². The zero-order chi connectivity index (χ0) is 24.7. The molecule has 0 saturated carbocycles. The predicted molar refractivity (Wildman–Crippen MR) is 119 cm³/mol. The largest absolute Gasteiger partial charge is 0.394 e. The summed E-state index contributed by atoms with van der Waals surface area (Å²) in [4.78, 5) is 0. The highest BCUT2D eigenvalue weighted by atomic mass is 16.6. The van der Waals surface area contributed by atoms with Crippen LogP contribution in [-0.4, -0.2) is 152 Å². The van der Waals surface area contributed by atoms with Crippen LogP contribution in [0.2, 0.25) is 0 Å². The van der Waals surface area contributed by atoms with Gasteiger partial charge in [0.2, 0.25) is 0 Å². The van der Waals surface area contributed by atoms with Crippen LogP contribution in [0.3, 0.4) is 0 Å². The predicted octanol–water partition coefficient (Wildman–Crippen LogP) is -1.54. The van der Waals surface area contributed by atoms with Crippen molar-refractivity contribution in [2.45, 2.75) is 13.0 Å². The second-order valence-electron chi connectivity index (χ2n) is 6.38. The van der Waals surface area contributed by atoms with Crippen LogP contribution in [-0.2, 0) is 37.9 Å². The van der Waals surface area contributed by atoms with Crippen LogP contribution in [0.1, 0.15) is 6.92 Å². The van der Waals surface area contributed by atoms with Crippen molar-refractivity contribution in [3.63, 3.8) is 0 Å². The third kappa shape index (κ3) is 39.1. The number of ether oxygens (including phenoxy) is 8. The summed E-state index contributed by atoms with van der Waals surface area (Å²) in [5.74, 6) is 0. The Balaban J connectivity index is 0. The number of rotatable bonds is 26. The van der Waals surface area contributed by atoms with Gasteiger partial charge in [-0.25, -0.2) is 0 Å². The van der Waals surface area contributed by atoms with Crippen molar-refractivity contribution in [1.82, 2.24) is 0 Å². The van der Waals surface area contributed by atoms with E-state index in [1.807, 2.05) is 0 Å². The standard InChI is InChI=1S/C18H38O10.C3H8O2/c19-1-3-21-5-7-23-9-11-25-13-15-27-17-18-28-16-14-26-12-10-24-8-6-22-4-2-20;1-3(5)2-4/h19-20H,1-18H2;3-5H,2H2,1H3. The Kier molecular flexibility index (Phi) is 35.4. The topological polar surface area (TPSA) is 155 Å². The first-order valence-electron chi connectivity index (χ1n) is 11.3. The summed E-state index contributed by atoms with van der Waals surface area (Å²) in [6, 6.07) is 0. The normalized spacial score (nSPS) is 11.9. The highest BCUT2D eigenvalue weighted by Gasteiger charge is 1.95. The van der Waals surface area contributed by atoms with Crippen LogP contribution in [0.5, 0.6) is 0 Å². The van der Waals surface area contributed by atoms with Gasteiger partial charge in [0.25, 0.3) is 0 Å². The van der Waals surface area contributed by atoms with E-state index in [1.54, 1.807) is 0 Å². The van der Waals surface area contributed by atoms with Crippen LogP contribution in [0, 0.1) is 0 Å². The fraction of sp³-hybridized carbons (Fsp3) is 1.00. The van der Waals surface area contributed by atoms with Gasteiger partial charge < -0.3 is 58.3 Å². The highest BCUT2D eigenvalue weighted by molar-refractivity contribution is 4.38. The van der Waals surface area contributed by atoms with Crippen LogP contribution in [0.25, 0.3) is 0 Å². The molecule has 0 aromatic carbocycles. The minimum Gasteiger partial charge on any atom is -0.394 e. The molecule has 0 aliphatic carbocycles. The molecule has 0 spiro atoms. The van der Waals surface area contributed by atoms with E-state index >= 15 is 0 Å². The summed E-state index contributed by atoms with van der Waals surface area (Å²) in [6.45, 7) is 9.18. The van der Waals surface area contributed by atoms with Crippen LogP contribution in [0.4, 0.5) is 0 Å². The van der Waals surface area contributed by atoms with E-state index in [-0.39, 0.29) is 19.8 Å². The fourth-order valence-corrected chi connectivity index (χ4v) is 1.77. The quantitative estimate of drug-likeness (QED) is 0.104. The SMILES string of the molecule is CC(O)CO.OCCOCCOCCOCCOCCOCCOCCOCCOCCO. The molecule has 4 N–H and O–H groups in total. The molecule has 202 valence electrons. The summed E-state index contributed by atoms with van der Waals surface area (Å²) in [5.41, 5.74) is 0. The van der Waals surface area contributed by atoms with E-state index in [0.717, 1.165) is 0 Å². The van der Waals surface area contributed by atoms with E-state index < -0.39 is 6.10 Å². The summed E-state index contributed by atoms with van der Waals surface area (Å²) < 4.78 is 42.2. The molecule has 12 heteroatoms. The third-order valence-corrected chi connectivity index (χ3v) is 3.34. The maximum Gasteiger partial charge on any atom is 0.0742 e.